The van der Waals surface area contributed by atoms with Crippen LogP contribution in [0.4, 0.5) is 11.4 Å². The minimum atomic E-state index is -1.03. The first-order valence-electron chi connectivity index (χ1n) is 11.0. The van der Waals surface area contributed by atoms with Gasteiger partial charge in [0, 0.05) is 5.69 Å². The first-order chi connectivity index (χ1) is 17.4. The van der Waals surface area contributed by atoms with Gasteiger partial charge in [-0.2, -0.15) is 5.11 Å². The molecule has 1 N–H and O–H groups in total. The van der Waals surface area contributed by atoms with Crippen LogP contribution in [-0.4, -0.2) is 48.5 Å². The number of hydrogen-bond acceptors (Lipinski definition) is 8. The van der Waals surface area contributed by atoms with Crippen molar-refractivity contribution in [3.63, 3.8) is 0 Å². The van der Waals surface area contributed by atoms with Crippen molar-refractivity contribution in [3.05, 3.63) is 77.8 Å². The second-order valence-electron chi connectivity index (χ2n) is 8.01. The molecule has 0 saturated carbocycles. The van der Waals surface area contributed by atoms with Gasteiger partial charge in [0.15, 0.2) is 12.1 Å². The molecule has 5 rings (SSSR count). The number of nitrogens with one attached hydrogen (secondary N) is 1. The van der Waals surface area contributed by atoms with Crippen LogP contribution in [0.3, 0.4) is 0 Å². The number of para-hydroxylation sites is 1. The Labute approximate surface area is 211 Å². The highest BCUT2D eigenvalue weighted by Crippen LogP contribution is 2.35. The maximum absolute atomic E-state index is 13.1. The zero-order valence-corrected chi connectivity index (χ0v) is 19.8. The third kappa shape index (κ3) is 4.46. The molecule has 0 spiro atoms. The number of carbonyl (C=O) groups excluding carboxylic acids is 3. The fraction of sp³-hybridized carbons (Fsp3) is 0.160. The normalized spacial score (nSPS) is 18.4. The summed E-state index contributed by atoms with van der Waals surface area (Å²) in [5.74, 6) is 0.238. The number of fused-ring (bicyclic) bond motifs is 1. The molecule has 0 bridgehead atoms. The third-order valence-corrected chi connectivity index (χ3v) is 5.97. The van der Waals surface area contributed by atoms with Gasteiger partial charge < -0.3 is 14.8 Å². The van der Waals surface area contributed by atoms with E-state index >= 15 is 0 Å². The number of nitrogens with zero attached hydrogens (tertiary/aromatic N) is 4. The van der Waals surface area contributed by atoms with E-state index in [1.54, 1.807) is 36.4 Å². The number of carbonyl (C=O) groups is 3. The quantitative estimate of drug-likeness (QED) is 0.484. The summed E-state index contributed by atoms with van der Waals surface area (Å²) in [5, 5.41) is 12.1. The predicted octanol–water partition coefficient (Wildman–Crippen LogP) is 4.07. The SMILES string of the molecule is COc1ccc(N2C(=O)[C@@H]3N=NN(CC(=O)Nc4ccc(Oc5ccccc5)cc4)[C@H]3C2=O)cc1Cl. The van der Waals surface area contributed by atoms with Crippen LogP contribution >= 0.6 is 11.6 Å². The maximum Gasteiger partial charge on any atom is 0.263 e. The van der Waals surface area contributed by atoms with Crippen LogP contribution < -0.4 is 19.7 Å². The van der Waals surface area contributed by atoms with Crippen LogP contribution in [0.15, 0.2) is 83.1 Å². The van der Waals surface area contributed by atoms with Gasteiger partial charge >= 0.3 is 0 Å². The first kappa shape index (κ1) is 23.3. The minimum Gasteiger partial charge on any atom is -0.495 e. The number of benzene rings is 3. The summed E-state index contributed by atoms with van der Waals surface area (Å²) < 4.78 is 10.9. The lowest BCUT2D eigenvalue weighted by atomic mass is 10.1. The van der Waals surface area contributed by atoms with Crippen LogP contribution in [0.5, 0.6) is 17.2 Å². The molecule has 10 nitrogen and oxygen atoms in total. The number of methoxy groups -OCH3 is 1. The lowest BCUT2D eigenvalue weighted by molar-refractivity contribution is -0.123. The average Bonchev–Trinajstić information content (AvgIpc) is 3.39. The van der Waals surface area contributed by atoms with Gasteiger partial charge in [0.05, 0.1) is 17.8 Å². The lowest BCUT2D eigenvalue weighted by Crippen LogP contribution is -2.43. The van der Waals surface area contributed by atoms with Gasteiger partial charge in [0.2, 0.25) is 5.91 Å². The van der Waals surface area contributed by atoms with E-state index in [9.17, 15) is 14.4 Å². The van der Waals surface area contributed by atoms with E-state index in [1.165, 1.54) is 18.2 Å². The lowest BCUT2D eigenvalue weighted by Gasteiger charge is -2.20. The first-order valence-corrected chi connectivity index (χ1v) is 11.3. The number of imide groups is 1. The van der Waals surface area contributed by atoms with E-state index in [-0.39, 0.29) is 11.6 Å². The van der Waals surface area contributed by atoms with Crippen molar-refractivity contribution in [1.82, 2.24) is 5.01 Å². The molecule has 3 amide bonds. The molecule has 36 heavy (non-hydrogen) atoms. The summed E-state index contributed by atoms with van der Waals surface area (Å²) in [6, 6.07) is 18.7. The largest absolute Gasteiger partial charge is 0.495 e. The van der Waals surface area contributed by atoms with Crippen molar-refractivity contribution in [2.75, 3.05) is 23.9 Å². The molecular weight excluding hydrogens is 486 g/mol. The molecule has 0 aliphatic carbocycles. The molecule has 2 atom stereocenters. The topological polar surface area (TPSA) is 113 Å². The average molecular weight is 506 g/mol. The number of halogens is 1. The van der Waals surface area contributed by atoms with Gasteiger partial charge in [-0.3, -0.25) is 19.4 Å². The summed E-state index contributed by atoms with van der Waals surface area (Å²) in [4.78, 5) is 39.7. The standard InChI is InChI=1S/C25H20ClN5O5/c1-35-20-12-9-16(13-19(20)26)31-24(33)22-23(25(31)34)30(29-28-22)14-21(32)27-15-7-10-18(11-8-15)36-17-5-3-2-4-6-17/h2-13,22-23H,14H2,1H3,(H,27,32)/t22-,23-/m1/s1. The van der Waals surface area contributed by atoms with Crippen molar-refractivity contribution < 1.29 is 23.9 Å². The van der Waals surface area contributed by atoms with E-state index in [0.29, 0.717) is 28.6 Å². The van der Waals surface area contributed by atoms with Gasteiger partial charge in [-0.25, -0.2) is 4.90 Å². The molecule has 0 aromatic heterocycles. The number of rotatable bonds is 7. The smallest absolute Gasteiger partial charge is 0.263 e. The minimum absolute atomic E-state index is 0.255. The summed E-state index contributed by atoms with van der Waals surface area (Å²) in [5.41, 5.74) is 0.832. The Morgan fingerprint density at radius 1 is 1.00 bits per heavy atom. The van der Waals surface area contributed by atoms with Crippen LogP contribution in [-0.2, 0) is 14.4 Å². The van der Waals surface area contributed by atoms with Crippen LogP contribution in [0.25, 0.3) is 0 Å². The molecule has 0 unspecified atom stereocenters. The second kappa shape index (κ2) is 9.67. The summed E-state index contributed by atoms with van der Waals surface area (Å²) in [7, 11) is 1.47. The van der Waals surface area contributed by atoms with E-state index in [1.807, 2.05) is 30.3 Å². The summed E-state index contributed by atoms with van der Waals surface area (Å²) in [6.07, 6.45) is 0. The van der Waals surface area contributed by atoms with Crippen LogP contribution in [0.1, 0.15) is 0 Å². The van der Waals surface area contributed by atoms with Gasteiger partial charge in [-0.15, -0.1) is 0 Å². The van der Waals surface area contributed by atoms with Crippen molar-refractivity contribution in [3.8, 4) is 17.2 Å². The number of hydrogen-bond donors (Lipinski definition) is 1. The van der Waals surface area contributed by atoms with E-state index in [4.69, 9.17) is 21.1 Å². The van der Waals surface area contributed by atoms with Crippen LogP contribution in [0, 0.1) is 0 Å². The molecule has 11 heteroatoms. The van der Waals surface area contributed by atoms with Crippen molar-refractivity contribution in [1.29, 1.82) is 0 Å². The molecule has 2 aliphatic rings. The maximum atomic E-state index is 13.1. The summed E-state index contributed by atoms with van der Waals surface area (Å²) >= 11 is 6.16. The zero-order valence-electron chi connectivity index (χ0n) is 19.0. The third-order valence-electron chi connectivity index (χ3n) is 5.67. The fourth-order valence-electron chi connectivity index (χ4n) is 3.98. The molecule has 0 radical (unpaired) electrons. The van der Waals surface area contributed by atoms with Gasteiger partial charge in [-0.05, 0) is 54.6 Å². The van der Waals surface area contributed by atoms with Crippen molar-refractivity contribution >= 4 is 40.7 Å². The molecule has 2 aliphatic heterocycles. The van der Waals surface area contributed by atoms with Gasteiger partial charge in [0.25, 0.3) is 11.8 Å². The monoisotopic (exact) mass is 505 g/mol. The number of amides is 3. The van der Waals surface area contributed by atoms with Gasteiger partial charge in [0.1, 0.15) is 23.8 Å². The van der Waals surface area contributed by atoms with E-state index in [2.05, 4.69) is 15.7 Å². The molecule has 3 aromatic carbocycles. The van der Waals surface area contributed by atoms with Crippen molar-refractivity contribution in [2.45, 2.75) is 12.1 Å². The zero-order chi connectivity index (χ0) is 25.2. The Kier molecular flexibility index (Phi) is 6.26. The van der Waals surface area contributed by atoms with E-state index in [0.717, 1.165) is 4.90 Å². The molecular formula is C25H20ClN5O5. The summed E-state index contributed by atoms with van der Waals surface area (Å²) in [6.45, 7) is -0.261. The molecule has 2 heterocycles. The Hall–Kier alpha value is -4.44. The Morgan fingerprint density at radius 3 is 2.42 bits per heavy atom. The number of ether oxygens (including phenoxy) is 2. The van der Waals surface area contributed by atoms with Crippen molar-refractivity contribution in [2.24, 2.45) is 10.3 Å². The Bertz CT molecular complexity index is 1350. The highest BCUT2D eigenvalue weighted by Gasteiger charge is 2.55. The Balaban J connectivity index is 1.23. The van der Waals surface area contributed by atoms with Gasteiger partial charge in [-0.1, -0.05) is 35.0 Å². The van der Waals surface area contributed by atoms with E-state index < -0.39 is 29.8 Å². The fourth-order valence-corrected chi connectivity index (χ4v) is 4.23. The predicted molar refractivity (Wildman–Crippen MR) is 131 cm³/mol. The molecule has 3 aromatic rings. The Morgan fingerprint density at radius 2 is 1.72 bits per heavy atom. The highest BCUT2D eigenvalue weighted by atomic mass is 35.5. The molecule has 1 fully saturated rings. The van der Waals surface area contributed by atoms with Crippen LogP contribution in [0.2, 0.25) is 5.02 Å². The highest BCUT2D eigenvalue weighted by molar-refractivity contribution is 6.33. The molecule has 1 saturated heterocycles. The molecule has 182 valence electrons. The second-order valence-corrected chi connectivity index (χ2v) is 8.42. The number of anilines is 2.